The molecule has 0 aromatic heterocycles. The third kappa shape index (κ3) is 3.17. The number of benzene rings is 1. The molecular formula is C14H18O5. The number of aliphatic carboxylic acids is 1. The van der Waals surface area contributed by atoms with E-state index in [0.717, 1.165) is 6.42 Å². The van der Waals surface area contributed by atoms with Crippen LogP contribution < -0.4 is 9.47 Å². The van der Waals surface area contributed by atoms with Crippen LogP contribution in [0.5, 0.6) is 11.5 Å². The SMILES string of the molecule is COc1ccc(C(C)C(=O)O)cc1OC1CCOC1. The molecule has 2 rings (SSSR count). The lowest BCUT2D eigenvalue weighted by molar-refractivity contribution is -0.138. The maximum absolute atomic E-state index is 11.0. The van der Waals surface area contributed by atoms with Gasteiger partial charge in [-0.05, 0) is 24.6 Å². The van der Waals surface area contributed by atoms with Crippen molar-refractivity contribution in [1.29, 1.82) is 0 Å². The van der Waals surface area contributed by atoms with Crippen LogP contribution in [0.4, 0.5) is 0 Å². The monoisotopic (exact) mass is 266 g/mol. The van der Waals surface area contributed by atoms with Gasteiger partial charge in [0, 0.05) is 6.42 Å². The predicted octanol–water partition coefficient (Wildman–Crippen LogP) is 2.05. The molecule has 1 N–H and O–H groups in total. The number of carboxylic acid groups (broad SMARTS) is 1. The predicted molar refractivity (Wildman–Crippen MR) is 68.9 cm³/mol. The summed E-state index contributed by atoms with van der Waals surface area (Å²) in [6.07, 6.45) is 0.839. The van der Waals surface area contributed by atoms with Crippen molar-refractivity contribution < 1.29 is 24.1 Å². The van der Waals surface area contributed by atoms with Crippen molar-refractivity contribution in [2.75, 3.05) is 20.3 Å². The van der Waals surface area contributed by atoms with Crippen molar-refractivity contribution in [2.45, 2.75) is 25.4 Å². The molecule has 1 heterocycles. The second-order valence-corrected chi connectivity index (χ2v) is 4.57. The van der Waals surface area contributed by atoms with E-state index in [0.29, 0.717) is 30.3 Å². The van der Waals surface area contributed by atoms with Gasteiger partial charge in [0.15, 0.2) is 11.5 Å². The fourth-order valence-electron chi connectivity index (χ4n) is 1.98. The number of carbonyl (C=O) groups is 1. The van der Waals surface area contributed by atoms with Crippen LogP contribution in [0.3, 0.4) is 0 Å². The summed E-state index contributed by atoms with van der Waals surface area (Å²) >= 11 is 0. The molecule has 2 unspecified atom stereocenters. The van der Waals surface area contributed by atoms with Crippen LogP contribution in [-0.2, 0) is 9.53 Å². The van der Waals surface area contributed by atoms with Crippen LogP contribution in [0, 0.1) is 0 Å². The van der Waals surface area contributed by atoms with E-state index in [2.05, 4.69) is 0 Å². The lowest BCUT2D eigenvalue weighted by Crippen LogP contribution is -2.16. The Labute approximate surface area is 112 Å². The zero-order valence-corrected chi connectivity index (χ0v) is 11.1. The summed E-state index contributed by atoms with van der Waals surface area (Å²) in [5.74, 6) is -0.259. The molecule has 2 atom stereocenters. The number of hydrogen-bond donors (Lipinski definition) is 1. The summed E-state index contributed by atoms with van der Waals surface area (Å²) in [5, 5.41) is 9.04. The highest BCUT2D eigenvalue weighted by Gasteiger charge is 2.21. The van der Waals surface area contributed by atoms with Gasteiger partial charge in [-0.3, -0.25) is 4.79 Å². The highest BCUT2D eigenvalue weighted by atomic mass is 16.6. The Balaban J connectivity index is 2.22. The maximum atomic E-state index is 11.0. The van der Waals surface area contributed by atoms with E-state index < -0.39 is 11.9 Å². The van der Waals surface area contributed by atoms with Gasteiger partial charge in [0.2, 0.25) is 0 Å². The van der Waals surface area contributed by atoms with Crippen molar-refractivity contribution in [3.05, 3.63) is 23.8 Å². The topological polar surface area (TPSA) is 65.0 Å². The first-order valence-electron chi connectivity index (χ1n) is 6.27. The molecule has 1 aliphatic heterocycles. The minimum atomic E-state index is -0.861. The Bertz CT molecular complexity index is 451. The summed E-state index contributed by atoms with van der Waals surface area (Å²) in [7, 11) is 1.56. The lowest BCUT2D eigenvalue weighted by atomic mass is 10.0. The fraction of sp³-hybridized carbons (Fsp3) is 0.500. The smallest absolute Gasteiger partial charge is 0.310 e. The summed E-state index contributed by atoms with van der Waals surface area (Å²) < 4.78 is 16.3. The Morgan fingerprint density at radius 1 is 1.47 bits per heavy atom. The molecule has 1 aromatic rings. The van der Waals surface area contributed by atoms with Crippen LogP contribution in [0.25, 0.3) is 0 Å². The molecule has 0 bridgehead atoms. The maximum Gasteiger partial charge on any atom is 0.310 e. The molecule has 0 radical (unpaired) electrons. The van der Waals surface area contributed by atoms with Gasteiger partial charge in [0.05, 0.1) is 26.2 Å². The molecule has 0 amide bonds. The fourth-order valence-corrected chi connectivity index (χ4v) is 1.98. The van der Waals surface area contributed by atoms with Crippen LogP contribution >= 0.6 is 0 Å². The van der Waals surface area contributed by atoms with Crippen LogP contribution in [0.1, 0.15) is 24.8 Å². The van der Waals surface area contributed by atoms with E-state index in [1.54, 1.807) is 32.2 Å². The first-order valence-corrected chi connectivity index (χ1v) is 6.27. The Hall–Kier alpha value is -1.75. The Kier molecular flexibility index (Phi) is 4.27. The third-order valence-corrected chi connectivity index (χ3v) is 3.24. The lowest BCUT2D eigenvalue weighted by Gasteiger charge is -2.17. The second-order valence-electron chi connectivity index (χ2n) is 4.57. The number of methoxy groups -OCH3 is 1. The van der Waals surface area contributed by atoms with E-state index in [1.807, 2.05) is 0 Å². The summed E-state index contributed by atoms with van der Waals surface area (Å²) in [4.78, 5) is 11.0. The normalized spacial score (nSPS) is 20.0. The van der Waals surface area contributed by atoms with Gasteiger partial charge in [0.25, 0.3) is 0 Å². The molecule has 5 heteroatoms. The van der Waals surface area contributed by atoms with Gasteiger partial charge >= 0.3 is 5.97 Å². The van der Waals surface area contributed by atoms with E-state index in [4.69, 9.17) is 19.3 Å². The number of hydrogen-bond acceptors (Lipinski definition) is 4. The summed E-state index contributed by atoms with van der Waals surface area (Å²) in [6.45, 7) is 2.90. The zero-order valence-electron chi connectivity index (χ0n) is 11.1. The second kappa shape index (κ2) is 5.93. The van der Waals surface area contributed by atoms with Crippen molar-refractivity contribution >= 4 is 5.97 Å². The molecule has 1 fully saturated rings. The Morgan fingerprint density at radius 2 is 2.26 bits per heavy atom. The summed E-state index contributed by atoms with van der Waals surface area (Å²) in [6, 6.07) is 5.21. The van der Waals surface area contributed by atoms with Gasteiger partial charge in [-0.15, -0.1) is 0 Å². The molecule has 0 saturated carbocycles. The first kappa shape index (κ1) is 13.7. The van der Waals surface area contributed by atoms with Crippen LogP contribution in [0.2, 0.25) is 0 Å². The van der Waals surface area contributed by atoms with E-state index in [-0.39, 0.29) is 6.10 Å². The van der Waals surface area contributed by atoms with Crippen molar-refractivity contribution in [2.24, 2.45) is 0 Å². The third-order valence-electron chi connectivity index (χ3n) is 3.24. The van der Waals surface area contributed by atoms with E-state index in [9.17, 15) is 4.79 Å². The quantitative estimate of drug-likeness (QED) is 0.883. The van der Waals surface area contributed by atoms with Crippen molar-refractivity contribution in [1.82, 2.24) is 0 Å². The van der Waals surface area contributed by atoms with E-state index >= 15 is 0 Å². The van der Waals surface area contributed by atoms with Crippen molar-refractivity contribution in [3.63, 3.8) is 0 Å². The highest BCUT2D eigenvalue weighted by Crippen LogP contribution is 2.32. The molecule has 0 aliphatic carbocycles. The number of ether oxygens (including phenoxy) is 3. The minimum absolute atomic E-state index is 0.00397. The number of rotatable bonds is 5. The Morgan fingerprint density at radius 3 is 2.84 bits per heavy atom. The van der Waals surface area contributed by atoms with Crippen molar-refractivity contribution in [3.8, 4) is 11.5 Å². The summed E-state index contributed by atoms with van der Waals surface area (Å²) in [5.41, 5.74) is 0.696. The van der Waals surface area contributed by atoms with Gasteiger partial charge in [-0.1, -0.05) is 6.07 Å². The molecule has 1 aliphatic rings. The molecule has 1 aromatic carbocycles. The van der Waals surface area contributed by atoms with Gasteiger partial charge < -0.3 is 19.3 Å². The average molecular weight is 266 g/mol. The molecule has 104 valence electrons. The number of carboxylic acids is 1. The molecule has 19 heavy (non-hydrogen) atoms. The van der Waals surface area contributed by atoms with Crippen LogP contribution in [-0.4, -0.2) is 37.5 Å². The first-order chi connectivity index (χ1) is 9.11. The van der Waals surface area contributed by atoms with Crippen LogP contribution in [0.15, 0.2) is 18.2 Å². The standard InChI is InChI=1S/C14H18O5/c1-9(14(15)16)10-3-4-12(17-2)13(7-10)19-11-5-6-18-8-11/h3-4,7,9,11H,5-6,8H2,1-2H3,(H,15,16). The van der Waals surface area contributed by atoms with Gasteiger partial charge in [-0.2, -0.15) is 0 Å². The van der Waals surface area contributed by atoms with Gasteiger partial charge in [0.1, 0.15) is 6.10 Å². The van der Waals surface area contributed by atoms with Gasteiger partial charge in [-0.25, -0.2) is 0 Å². The minimum Gasteiger partial charge on any atom is -0.493 e. The highest BCUT2D eigenvalue weighted by molar-refractivity contribution is 5.75. The van der Waals surface area contributed by atoms with E-state index in [1.165, 1.54) is 0 Å². The molecule has 1 saturated heterocycles. The molecule has 5 nitrogen and oxygen atoms in total. The average Bonchev–Trinajstić information content (AvgIpc) is 2.90. The molecule has 0 spiro atoms. The molecular weight excluding hydrogens is 248 g/mol. The zero-order chi connectivity index (χ0) is 13.8. The largest absolute Gasteiger partial charge is 0.493 e.